The molecule has 5 rings (SSSR count). The summed E-state index contributed by atoms with van der Waals surface area (Å²) in [5.74, 6) is 2.78. The maximum Gasteiger partial charge on any atom is 0.257 e. The van der Waals surface area contributed by atoms with Gasteiger partial charge >= 0.3 is 0 Å². The normalized spacial score (nSPS) is 15.8. The predicted octanol–water partition coefficient (Wildman–Crippen LogP) is 2.90. The molecule has 31 heavy (non-hydrogen) atoms. The first kappa shape index (κ1) is 19.4. The molecule has 3 aromatic rings. The maximum absolute atomic E-state index is 12.7. The lowest BCUT2D eigenvalue weighted by Crippen LogP contribution is -2.40. The molecule has 160 valence electrons. The van der Waals surface area contributed by atoms with Crippen molar-refractivity contribution < 1.29 is 19.0 Å². The summed E-state index contributed by atoms with van der Waals surface area (Å²) in [5.41, 5.74) is 2.63. The molecule has 0 aliphatic carbocycles. The topological polar surface area (TPSA) is 85.8 Å². The fourth-order valence-electron chi connectivity index (χ4n) is 4.06. The number of hydrogen-bond acceptors (Lipinski definition) is 7. The summed E-state index contributed by atoms with van der Waals surface area (Å²) in [5, 5.41) is 3.05. The van der Waals surface area contributed by atoms with Gasteiger partial charge in [0.1, 0.15) is 0 Å². The minimum atomic E-state index is -0.0235. The molecule has 8 nitrogen and oxygen atoms in total. The number of fused-ring (bicyclic) bond motifs is 2. The Labute approximate surface area is 180 Å². The number of ether oxygens (including phenoxy) is 3. The Kier molecular flexibility index (Phi) is 5.19. The van der Waals surface area contributed by atoms with E-state index in [-0.39, 0.29) is 18.6 Å². The number of amides is 1. The van der Waals surface area contributed by atoms with Gasteiger partial charge in [-0.3, -0.25) is 4.79 Å². The zero-order valence-electron chi connectivity index (χ0n) is 17.3. The van der Waals surface area contributed by atoms with Crippen LogP contribution in [0.1, 0.15) is 18.4 Å². The molecule has 0 bridgehead atoms. The molecule has 2 aromatic carbocycles. The minimum absolute atomic E-state index is 0.0235. The maximum atomic E-state index is 12.7. The van der Waals surface area contributed by atoms with Gasteiger partial charge in [0.25, 0.3) is 5.88 Å². The van der Waals surface area contributed by atoms with Gasteiger partial charge < -0.3 is 24.4 Å². The average molecular weight is 420 g/mol. The van der Waals surface area contributed by atoms with Crippen LogP contribution in [-0.4, -0.2) is 42.9 Å². The number of methoxy groups -OCH3 is 1. The molecule has 1 saturated heterocycles. The average Bonchev–Trinajstić information content (AvgIpc) is 3.29. The zero-order valence-corrected chi connectivity index (χ0v) is 17.3. The molecule has 2 aliphatic heterocycles. The molecule has 0 unspecified atom stereocenters. The number of rotatable bonds is 5. The Morgan fingerprint density at radius 3 is 2.61 bits per heavy atom. The van der Waals surface area contributed by atoms with Crippen LogP contribution in [0.5, 0.6) is 17.4 Å². The number of benzene rings is 2. The van der Waals surface area contributed by atoms with Crippen LogP contribution in [0.2, 0.25) is 0 Å². The lowest BCUT2D eigenvalue weighted by Gasteiger charge is -2.32. The van der Waals surface area contributed by atoms with E-state index < -0.39 is 0 Å². The number of piperidine rings is 1. The lowest BCUT2D eigenvalue weighted by atomic mass is 9.96. The fraction of sp³-hybridized carbons (Fsp3) is 0.348. The van der Waals surface area contributed by atoms with E-state index in [1.807, 2.05) is 42.5 Å². The second-order valence-corrected chi connectivity index (χ2v) is 7.71. The van der Waals surface area contributed by atoms with Crippen molar-refractivity contribution in [1.29, 1.82) is 0 Å². The monoisotopic (exact) mass is 420 g/mol. The quantitative estimate of drug-likeness (QED) is 0.679. The van der Waals surface area contributed by atoms with Crippen molar-refractivity contribution in [1.82, 2.24) is 15.3 Å². The van der Waals surface area contributed by atoms with Crippen LogP contribution in [0, 0.1) is 5.92 Å². The molecule has 8 heteroatoms. The number of carbonyl (C=O) groups excluding carboxylic acids is 1. The van der Waals surface area contributed by atoms with Gasteiger partial charge in [0.15, 0.2) is 17.3 Å². The van der Waals surface area contributed by atoms with Crippen molar-refractivity contribution >= 4 is 22.8 Å². The molecule has 1 N–H and O–H groups in total. The summed E-state index contributed by atoms with van der Waals surface area (Å²) in [7, 11) is 1.61. The van der Waals surface area contributed by atoms with Gasteiger partial charge in [-0.05, 0) is 42.7 Å². The summed E-state index contributed by atoms with van der Waals surface area (Å²) < 4.78 is 16.2. The van der Waals surface area contributed by atoms with E-state index in [1.54, 1.807) is 7.11 Å². The van der Waals surface area contributed by atoms with Crippen LogP contribution in [0.25, 0.3) is 11.0 Å². The van der Waals surface area contributed by atoms with E-state index in [0.717, 1.165) is 59.8 Å². The van der Waals surface area contributed by atoms with Gasteiger partial charge in [0, 0.05) is 25.6 Å². The van der Waals surface area contributed by atoms with E-state index in [0.29, 0.717) is 12.4 Å². The highest BCUT2D eigenvalue weighted by molar-refractivity contribution is 5.80. The van der Waals surface area contributed by atoms with Crippen molar-refractivity contribution in [2.45, 2.75) is 19.4 Å². The van der Waals surface area contributed by atoms with Crippen molar-refractivity contribution in [2.24, 2.45) is 5.92 Å². The van der Waals surface area contributed by atoms with E-state index >= 15 is 0 Å². The molecule has 0 radical (unpaired) electrons. The molecule has 1 amide bonds. The summed E-state index contributed by atoms with van der Waals surface area (Å²) in [6, 6.07) is 13.5. The largest absolute Gasteiger partial charge is 0.478 e. The summed E-state index contributed by atoms with van der Waals surface area (Å²) in [6.45, 7) is 2.17. The van der Waals surface area contributed by atoms with Crippen molar-refractivity contribution in [3.05, 3.63) is 48.0 Å². The zero-order chi connectivity index (χ0) is 21.2. The summed E-state index contributed by atoms with van der Waals surface area (Å²) >= 11 is 0. The minimum Gasteiger partial charge on any atom is -0.478 e. The smallest absolute Gasteiger partial charge is 0.257 e. The van der Waals surface area contributed by atoms with E-state index in [1.165, 1.54) is 0 Å². The van der Waals surface area contributed by atoms with Crippen molar-refractivity contribution in [3.8, 4) is 17.4 Å². The van der Waals surface area contributed by atoms with Crippen LogP contribution in [-0.2, 0) is 11.3 Å². The van der Waals surface area contributed by atoms with Crippen LogP contribution in [0.15, 0.2) is 42.5 Å². The van der Waals surface area contributed by atoms with E-state index in [9.17, 15) is 4.79 Å². The molecule has 1 fully saturated rings. The first-order chi connectivity index (χ1) is 15.2. The van der Waals surface area contributed by atoms with Crippen molar-refractivity contribution in [2.75, 3.05) is 31.9 Å². The number of carbonyl (C=O) groups is 1. The van der Waals surface area contributed by atoms with E-state index in [2.05, 4.69) is 15.2 Å². The second kappa shape index (κ2) is 8.29. The number of para-hydroxylation sites is 2. The second-order valence-electron chi connectivity index (χ2n) is 7.71. The fourth-order valence-corrected chi connectivity index (χ4v) is 4.06. The Balaban J connectivity index is 1.20. The van der Waals surface area contributed by atoms with Crippen LogP contribution >= 0.6 is 0 Å². The summed E-state index contributed by atoms with van der Waals surface area (Å²) in [6.07, 6.45) is 1.51. The van der Waals surface area contributed by atoms with Crippen LogP contribution in [0.4, 0.5) is 5.82 Å². The molecule has 0 atom stereocenters. The standard InChI is InChI=1S/C23H24N4O4/c1-29-23-21(25-17-4-2-3-5-18(17)26-23)27-10-8-16(9-11-27)22(28)24-13-15-6-7-19-20(12-15)31-14-30-19/h2-7,12,16H,8-11,13-14H2,1H3,(H,24,28). The van der Waals surface area contributed by atoms with E-state index in [4.69, 9.17) is 19.2 Å². The third-order valence-corrected chi connectivity index (χ3v) is 5.78. The van der Waals surface area contributed by atoms with Gasteiger partial charge in [-0.25, -0.2) is 9.97 Å². The Morgan fingerprint density at radius 1 is 1.10 bits per heavy atom. The van der Waals surface area contributed by atoms with Gasteiger partial charge in [-0.1, -0.05) is 18.2 Å². The highest BCUT2D eigenvalue weighted by Gasteiger charge is 2.27. The van der Waals surface area contributed by atoms with Gasteiger partial charge in [-0.2, -0.15) is 0 Å². The molecule has 3 heterocycles. The SMILES string of the molecule is COc1nc2ccccc2nc1N1CCC(C(=O)NCc2ccc3c(c2)OCO3)CC1. The third-order valence-electron chi connectivity index (χ3n) is 5.78. The third kappa shape index (κ3) is 3.93. The van der Waals surface area contributed by atoms with Crippen LogP contribution < -0.4 is 24.4 Å². The molecule has 0 spiro atoms. The Bertz CT molecular complexity index is 1110. The molecule has 1 aromatic heterocycles. The predicted molar refractivity (Wildman–Crippen MR) is 115 cm³/mol. The number of anilines is 1. The van der Waals surface area contributed by atoms with Crippen molar-refractivity contribution in [3.63, 3.8) is 0 Å². The molecular formula is C23H24N4O4. The number of nitrogens with zero attached hydrogens (tertiary/aromatic N) is 3. The lowest BCUT2D eigenvalue weighted by molar-refractivity contribution is -0.125. The molecule has 0 saturated carbocycles. The highest BCUT2D eigenvalue weighted by Crippen LogP contribution is 2.33. The first-order valence-electron chi connectivity index (χ1n) is 10.4. The van der Waals surface area contributed by atoms with Gasteiger partial charge in [0.2, 0.25) is 12.7 Å². The van der Waals surface area contributed by atoms with Gasteiger partial charge in [-0.15, -0.1) is 0 Å². The Hall–Kier alpha value is -3.55. The summed E-state index contributed by atoms with van der Waals surface area (Å²) in [4.78, 5) is 24.2. The number of nitrogens with one attached hydrogen (secondary N) is 1. The molecule has 2 aliphatic rings. The number of hydrogen-bond donors (Lipinski definition) is 1. The number of aromatic nitrogens is 2. The first-order valence-corrected chi connectivity index (χ1v) is 10.4. The van der Waals surface area contributed by atoms with Gasteiger partial charge in [0.05, 0.1) is 18.1 Å². The van der Waals surface area contributed by atoms with Crippen LogP contribution in [0.3, 0.4) is 0 Å². The molecular weight excluding hydrogens is 396 g/mol. The Morgan fingerprint density at radius 2 is 1.84 bits per heavy atom. The highest BCUT2D eigenvalue weighted by atomic mass is 16.7.